The smallest absolute Gasteiger partial charge is 0.471 e. The molecule has 1 N–H and O–H groups in total. The van der Waals surface area contributed by atoms with Gasteiger partial charge in [-0.25, -0.2) is 0 Å². The molecule has 2 amide bonds. The van der Waals surface area contributed by atoms with Crippen molar-refractivity contribution >= 4 is 33.4 Å². The summed E-state index contributed by atoms with van der Waals surface area (Å²) in [7, 11) is 0. The van der Waals surface area contributed by atoms with Crippen LogP contribution < -0.4 is 10.1 Å². The lowest BCUT2D eigenvalue weighted by Gasteiger charge is -2.43. The number of carbonyl (C=O) groups is 2. The molecule has 0 saturated carbocycles. The van der Waals surface area contributed by atoms with Crippen LogP contribution in [0.15, 0.2) is 40.9 Å². The predicted molar refractivity (Wildman–Crippen MR) is 114 cm³/mol. The minimum Gasteiger partial charge on any atom is -0.492 e. The highest BCUT2D eigenvalue weighted by Gasteiger charge is 2.48. The molecular formula is C22H22BrF3N2O3. The summed E-state index contributed by atoms with van der Waals surface area (Å²) in [5.41, 5.74) is 1.17. The minimum absolute atomic E-state index is 0.189. The number of nitrogens with one attached hydrogen (secondary N) is 1. The zero-order chi connectivity index (χ0) is 23.0. The SMILES string of the molecule is CCOc1c(Br)cccc1C(=O)Nc1ccc2c(c1)CN(C(=O)C(F)(F)F)C(C)(C)C2. The molecule has 3 rings (SSSR count). The molecule has 0 fully saturated rings. The zero-order valence-corrected chi connectivity index (χ0v) is 18.9. The summed E-state index contributed by atoms with van der Waals surface area (Å²) in [5, 5.41) is 2.76. The van der Waals surface area contributed by atoms with Gasteiger partial charge in [-0.05, 0) is 78.5 Å². The molecule has 1 heterocycles. The Morgan fingerprint density at radius 3 is 2.55 bits per heavy atom. The average Bonchev–Trinajstić information content (AvgIpc) is 2.67. The number of nitrogens with zero attached hydrogens (tertiary/aromatic N) is 1. The highest BCUT2D eigenvalue weighted by Crippen LogP contribution is 2.35. The number of halogens is 4. The van der Waals surface area contributed by atoms with Crippen molar-refractivity contribution in [3.8, 4) is 5.75 Å². The third-order valence-electron chi connectivity index (χ3n) is 5.13. The van der Waals surface area contributed by atoms with Crippen molar-refractivity contribution in [2.45, 2.75) is 45.5 Å². The van der Waals surface area contributed by atoms with Crippen LogP contribution in [-0.2, 0) is 17.8 Å². The van der Waals surface area contributed by atoms with Gasteiger partial charge in [0.1, 0.15) is 5.75 Å². The molecule has 1 aliphatic rings. The van der Waals surface area contributed by atoms with Gasteiger partial charge in [0.25, 0.3) is 5.91 Å². The molecule has 9 heteroatoms. The van der Waals surface area contributed by atoms with E-state index in [4.69, 9.17) is 4.74 Å². The van der Waals surface area contributed by atoms with Crippen LogP contribution in [0.4, 0.5) is 18.9 Å². The molecule has 0 saturated heterocycles. The molecule has 0 aliphatic carbocycles. The van der Waals surface area contributed by atoms with Gasteiger partial charge in [-0.2, -0.15) is 13.2 Å². The number of alkyl halides is 3. The molecule has 1 aliphatic heterocycles. The summed E-state index contributed by atoms with van der Waals surface area (Å²) in [6, 6.07) is 10.2. The van der Waals surface area contributed by atoms with E-state index in [-0.39, 0.29) is 13.0 Å². The lowest BCUT2D eigenvalue weighted by atomic mass is 9.85. The molecule has 166 valence electrons. The van der Waals surface area contributed by atoms with Crippen LogP contribution in [0.1, 0.15) is 42.3 Å². The number of para-hydroxylation sites is 1. The van der Waals surface area contributed by atoms with E-state index in [1.165, 1.54) is 0 Å². The first-order valence-electron chi connectivity index (χ1n) is 9.67. The summed E-state index contributed by atoms with van der Waals surface area (Å²) in [5.74, 6) is -1.87. The number of amides is 2. The second-order valence-corrected chi connectivity index (χ2v) is 8.72. The molecule has 0 atom stereocenters. The van der Waals surface area contributed by atoms with E-state index in [0.29, 0.717) is 33.6 Å². The number of hydrogen-bond donors (Lipinski definition) is 1. The van der Waals surface area contributed by atoms with Crippen molar-refractivity contribution in [3.63, 3.8) is 0 Å². The molecule has 0 radical (unpaired) electrons. The fourth-order valence-electron chi connectivity index (χ4n) is 3.65. The van der Waals surface area contributed by atoms with Crippen LogP contribution in [0.2, 0.25) is 0 Å². The Bertz CT molecular complexity index is 1020. The number of ether oxygens (including phenoxy) is 1. The Morgan fingerprint density at radius 2 is 1.90 bits per heavy atom. The van der Waals surface area contributed by atoms with Crippen molar-refractivity contribution in [1.29, 1.82) is 0 Å². The fourth-order valence-corrected chi connectivity index (χ4v) is 4.13. The van der Waals surface area contributed by atoms with Gasteiger partial charge < -0.3 is 15.0 Å². The molecule has 2 aromatic carbocycles. The van der Waals surface area contributed by atoms with Gasteiger partial charge in [-0.15, -0.1) is 0 Å². The summed E-state index contributed by atoms with van der Waals surface area (Å²) < 4.78 is 45.4. The van der Waals surface area contributed by atoms with Crippen molar-refractivity contribution in [2.75, 3.05) is 11.9 Å². The molecule has 0 spiro atoms. The number of anilines is 1. The first-order valence-corrected chi connectivity index (χ1v) is 10.5. The van der Waals surface area contributed by atoms with Crippen LogP contribution in [0, 0.1) is 0 Å². The van der Waals surface area contributed by atoms with Gasteiger partial charge in [0.2, 0.25) is 0 Å². The minimum atomic E-state index is -4.95. The van der Waals surface area contributed by atoms with Gasteiger partial charge >= 0.3 is 12.1 Å². The van der Waals surface area contributed by atoms with E-state index in [2.05, 4.69) is 21.2 Å². The first kappa shape index (κ1) is 23.1. The third kappa shape index (κ3) is 4.87. The summed E-state index contributed by atoms with van der Waals surface area (Å²) in [6.07, 6.45) is -4.67. The first-order chi connectivity index (χ1) is 14.4. The molecule has 0 aromatic heterocycles. The van der Waals surface area contributed by atoms with Crippen molar-refractivity contribution in [2.24, 2.45) is 0 Å². The van der Waals surface area contributed by atoms with E-state index in [9.17, 15) is 22.8 Å². The summed E-state index contributed by atoms with van der Waals surface area (Å²) >= 11 is 3.36. The van der Waals surface area contributed by atoms with E-state index in [0.717, 1.165) is 10.5 Å². The van der Waals surface area contributed by atoms with Crippen LogP contribution in [0.3, 0.4) is 0 Å². The predicted octanol–water partition coefficient (Wildman–Crippen LogP) is 5.33. The molecule has 5 nitrogen and oxygen atoms in total. The van der Waals surface area contributed by atoms with E-state index >= 15 is 0 Å². The normalized spacial score (nSPS) is 15.3. The second-order valence-electron chi connectivity index (χ2n) is 7.87. The standard InChI is InChI=1S/C22H22BrF3N2O3/c1-4-31-18-16(6-5-7-17(18)23)19(29)27-15-9-8-13-11-21(2,3)28(12-14(13)10-15)20(30)22(24,25)26/h5-10H,4,11-12H2,1-3H3,(H,27,29). The molecule has 0 bridgehead atoms. The number of hydrogen-bond acceptors (Lipinski definition) is 3. The van der Waals surface area contributed by atoms with Crippen LogP contribution in [0.5, 0.6) is 5.75 Å². The Labute approximate surface area is 186 Å². The average molecular weight is 499 g/mol. The van der Waals surface area contributed by atoms with Gasteiger partial charge in [-0.3, -0.25) is 9.59 Å². The van der Waals surface area contributed by atoms with Crippen LogP contribution in [-0.4, -0.2) is 35.0 Å². The lowest BCUT2D eigenvalue weighted by Crippen LogP contribution is -2.55. The maximum Gasteiger partial charge on any atom is 0.471 e. The van der Waals surface area contributed by atoms with Gasteiger partial charge in [0.15, 0.2) is 0 Å². The fraction of sp³-hybridized carbons (Fsp3) is 0.364. The molecule has 2 aromatic rings. The number of rotatable bonds is 4. The van der Waals surface area contributed by atoms with Crippen LogP contribution in [0.25, 0.3) is 0 Å². The lowest BCUT2D eigenvalue weighted by molar-refractivity contribution is -0.192. The Hall–Kier alpha value is -2.55. The van der Waals surface area contributed by atoms with E-state index in [1.54, 1.807) is 57.2 Å². The maximum absolute atomic E-state index is 13.1. The van der Waals surface area contributed by atoms with E-state index in [1.807, 2.05) is 0 Å². The molecular weight excluding hydrogens is 477 g/mol. The number of benzene rings is 2. The Morgan fingerprint density at radius 1 is 1.19 bits per heavy atom. The Balaban J connectivity index is 1.87. The number of carbonyl (C=O) groups excluding carboxylic acids is 2. The van der Waals surface area contributed by atoms with Crippen molar-refractivity contribution in [3.05, 3.63) is 57.6 Å². The third-order valence-corrected chi connectivity index (χ3v) is 5.76. The molecule has 0 unspecified atom stereocenters. The highest BCUT2D eigenvalue weighted by atomic mass is 79.9. The van der Waals surface area contributed by atoms with E-state index < -0.39 is 23.5 Å². The quantitative estimate of drug-likeness (QED) is 0.619. The van der Waals surface area contributed by atoms with Crippen LogP contribution >= 0.6 is 15.9 Å². The molecule has 31 heavy (non-hydrogen) atoms. The maximum atomic E-state index is 13.1. The summed E-state index contributed by atoms with van der Waals surface area (Å²) in [6.45, 7) is 5.21. The zero-order valence-electron chi connectivity index (χ0n) is 17.3. The van der Waals surface area contributed by atoms with Gasteiger partial charge in [-0.1, -0.05) is 12.1 Å². The largest absolute Gasteiger partial charge is 0.492 e. The highest BCUT2D eigenvalue weighted by molar-refractivity contribution is 9.10. The monoisotopic (exact) mass is 498 g/mol. The van der Waals surface area contributed by atoms with Gasteiger partial charge in [0, 0.05) is 17.8 Å². The van der Waals surface area contributed by atoms with Gasteiger partial charge in [0.05, 0.1) is 16.6 Å². The topological polar surface area (TPSA) is 58.6 Å². The number of fused-ring (bicyclic) bond motifs is 1. The van der Waals surface area contributed by atoms with Crippen molar-refractivity contribution < 1.29 is 27.5 Å². The Kier molecular flexibility index (Phi) is 6.36. The second kappa shape index (κ2) is 8.53. The summed E-state index contributed by atoms with van der Waals surface area (Å²) in [4.78, 5) is 25.6. The van der Waals surface area contributed by atoms with Crippen molar-refractivity contribution in [1.82, 2.24) is 4.90 Å².